The molecule has 1 atom stereocenters. The van der Waals surface area contributed by atoms with Gasteiger partial charge in [-0.05, 0) is 42.0 Å². The van der Waals surface area contributed by atoms with Crippen LogP contribution in [0.25, 0.3) is 16.7 Å². The summed E-state index contributed by atoms with van der Waals surface area (Å²) in [6, 6.07) is 13.4. The van der Waals surface area contributed by atoms with Crippen molar-refractivity contribution in [3.05, 3.63) is 89.8 Å². The average Bonchev–Trinajstić information content (AvgIpc) is 3.69. The van der Waals surface area contributed by atoms with Gasteiger partial charge in [0.15, 0.2) is 5.69 Å². The van der Waals surface area contributed by atoms with Crippen molar-refractivity contribution in [3.63, 3.8) is 0 Å². The number of nitrogens with zero attached hydrogens (tertiary/aromatic N) is 7. The van der Waals surface area contributed by atoms with Crippen molar-refractivity contribution in [1.82, 2.24) is 39.6 Å². The van der Waals surface area contributed by atoms with Crippen LogP contribution in [0.2, 0.25) is 0 Å². The second-order valence-electron chi connectivity index (χ2n) is 8.90. The van der Waals surface area contributed by atoms with Crippen LogP contribution in [0.5, 0.6) is 0 Å². The average molecular weight is 522 g/mol. The summed E-state index contributed by atoms with van der Waals surface area (Å²) in [4.78, 5) is 22.3. The number of rotatable bonds is 5. The Bertz CT molecular complexity index is 1610. The molecule has 10 nitrogen and oxygen atoms in total. The van der Waals surface area contributed by atoms with Crippen LogP contribution in [0.15, 0.2) is 67.3 Å². The topological polar surface area (TPSA) is 107 Å². The van der Waals surface area contributed by atoms with Crippen molar-refractivity contribution < 1.29 is 22.7 Å². The van der Waals surface area contributed by atoms with Crippen LogP contribution in [0.4, 0.5) is 13.2 Å². The van der Waals surface area contributed by atoms with Gasteiger partial charge in [-0.15, -0.1) is 5.10 Å². The number of morpholine rings is 1. The minimum atomic E-state index is -4.51. The van der Waals surface area contributed by atoms with E-state index >= 15 is 0 Å². The standard InChI is InChI=1S/C25H21F3N8O2/c26-25(27,28)23-6-7-35(32-23)12-16-2-1-3-17(10-16)24(37)34-8-9-38-22(14-34)21-13-36(33-31-21)18-4-5-19-20(11-18)30-15-29-19/h1-7,10-11,13,15,22H,8-9,12,14H2,(H,29,30). The van der Waals surface area contributed by atoms with Gasteiger partial charge in [-0.25, -0.2) is 9.67 Å². The second kappa shape index (κ2) is 9.41. The number of H-pyrrole nitrogens is 1. The number of benzene rings is 2. The third-order valence-corrected chi connectivity index (χ3v) is 6.31. The van der Waals surface area contributed by atoms with E-state index < -0.39 is 18.0 Å². The van der Waals surface area contributed by atoms with Crippen LogP contribution < -0.4 is 0 Å². The minimum absolute atomic E-state index is 0.108. The van der Waals surface area contributed by atoms with Crippen molar-refractivity contribution in [2.45, 2.75) is 18.8 Å². The predicted molar refractivity (Wildman–Crippen MR) is 128 cm³/mol. The van der Waals surface area contributed by atoms with Gasteiger partial charge in [-0.2, -0.15) is 18.3 Å². The van der Waals surface area contributed by atoms with E-state index in [2.05, 4.69) is 25.4 Å². The number of hydrogen-bond donors (Lipinski definition) is 1. The fraction of sp³-hybridized carbons (Fsp3) is 0.240. The van der Waals surface area contributed by atoms with Crippen molar-refractivity contribution in [3.8, 4) is 5.69 Å². The van der Waals surface area contributed by atoms with Crippen molar-refractivity contribution >= 4 is 16.9 Å². The molecular weight excluding hydrogens is 501 g/mol. The lowest BCUT2D eigenvalue weighted by Gasteiger charge is -2.32. The van der Waals surface area contributed by atoms with Gasteiger partial charge >= 0.3 is 6.18 Å². The summed E-state index contributed by atoms with van der Waals surface area (Å²) < 4.78 is 47.3. The SMILES string of the molecule is O=C(c1cccc(Cn2ccc(C(F)(F)F)n2)c1)N1CCOC(c2cn(-c3ccc4nc[nH]c4c3)nn2)C1. The van der Waals surface area contributed by atoms with Crippen LogP contribution in [-0.2, 0) is 17.5 Å². The highest BCUT2D eigenvalue weighted by atomic mass is 19.4. The number of aromatic amines is 1. The molecule has 1 saturated heterocycles. The molecule has 5 aromatic rings. The Morgan fingerprint density at radius 2 is 2.05 bits per heavy atom. The van der Waals surface area contributed by atoms with E-state index in [1.165, 1.54) is 10.9 Å². The molecular formula is C25H21F3N8O2. The second-order valence-corrected chi connectivity index (χ2v) is 8.90. The molecule has 0 radical (unpaired) electrons. The molecule has 0 aliphatic carbocycles. The van der Waals surface area contributed by atoms with Crippen molar-refractivity contribution in [1.29, 1.82) is 0 Å². The van der Waals surface area contributed by atoms with Crippen molar-refractivity contribution in [2.24, 2.45) is 0 Å². The molecule has 4 heterocycles. The number of ether oxygens (including phenoxy) is 1. The number of carbonyl (C=O) groups excluding carboxylic acids is 1. The molecule has 38 heavy (non-hydrogen) atoms. The summed E-state index contributed by atoms with van der Waals surface area (Å²) in [5, 5.41) is 12.1. The van der Waals surface area contributed by atoms with Gasteiger partial charge in [0.25, 0.3) is 5.91 Å². The monoisotopic (exact) mass is 522 g/mol. The van der Waals surface area contributed by atoms with E-state index in [1.54, 1.807) is 46.4 Å². The predicted octanol–water partition coefficient (Wildman–Crippen LogP) is 3.62. The maximum atomic E-state index is 13.3. The molecule has 0 bridgehead atoms. The summed E-state index contributed by atoms with van der Waals surface area (Å²) in [6.07, 6.45) is -0.292. The number of nitrogens with one attached hydrogen (secondary N) is 1. The van der Waals surface area contributed by atoms with E-state index in [0.717, 1.165) is 22.8 Å². The number of alkyl halides is 3. The lowest BCUT2D eigenvalue weighted by atomic mass is 10.1. The molecule has 3 aromatic heterocycles. The molecule has 2 aromatic carbocycles. The molecule has 13 heteroatoms. The number of aromatic nitrogens is 7. The first kappa shape index (κ1) is 23.9. The molecule has 194 valence electrons. The molecule has 1 fully saturated rings. The first-order valence-electron chi connectivity index (χ1n) is 11.8. The minimum Gasteiger partial charge on any atom is -0.368 e. The Labute approximate surface area is 213 Å². The fourth-order valence-corrected chi connectivity index (χ4v) is 4.40. The molecule has 0 spiro atoms. The zero-order chi connectivity index (χ0) is 26.3. The van der Waals surface area contributed by atoms with Crippen LogP contribution >= 0.6 is 0 Å². The number of carbonyl (C=O) groups is 1. The maximum Gasteiger partial charge on any atom is 0.435 e. The summed E-state index contributed by atoms with van der Waals surface area (Å²) in [5.41, 5.74) is 3.26. The van der Waals surface area contributed by atoms with E-state index in [9.17, 15) is 18.0 Å². The van der Waals surface area contributed by atoms with Gasteiger partial charge in [0.05, 0.1) is 48.9 Å². The molecule has 1 unspecified atom stereocenters. The number of halogens is 3. The number of imidazole rings is 1. The van der Waals surface area contributed by atoms with Gasteiger partial charge in [0.2, 0.25) is 0 Å². The summed E-state index contributed by atoms with van der Waals surface area (Å²) in [6.45, 7) is 1.13. The highest BCUT2D eigenvalue weighted by Gasteiger charge is 2.33. The van der Waals surface area contributed by atoms with Crippen LogP contribution in [-0.4, -0.2) is 65.2 Å². The molecule has 1 aliphatic rings. The number of fused-ring (bicyclic) bond motifs is 1. The largest absolute Gasteiger partial charge is 0.435 e. The van der Waals surface area contributed by atoms with Gasteiger partial charge in [-0.3, -0.25) is 9.48 Å². The first-order chi connectivity index (χ1) is 18.3. The number of amides is 1. The van der Waals surface area contributed by atoms with E-state index in [4.69, 9.17) is 4.74 Å². The van der Waals surface area contributed by atoms with E-state index in [0.29, 0.717) is 30.0 Å². The normalized spacial score (nSPS) is 16.3. The maximum absolute atomic E-state index is 13.3. The summed E-state index contributed by atoms with van der Waals surface area (Å²) in [7, 11) is 0. The van der Waals surface area contributed by atoms with Crippen LogP contribution in [0.1, 0.15) is 33.4 Å². The molecule has 0 saturated carbocycles. The Morgan fingerprint density at radius 3 is 2.89 bits per heavy atom. The lowest BCUT2D eigenvalue weighted by molar-refractivity contribution is -0.141. The van der Waals surface area contributed by atoms with Gasteiger partial charge in [-0.1, -0.05) is 17.3 Å². The molecule has 1 aliphatic heterocycles. The first-order valence-corrected chi connectivity index (χ1v) is 11.8. The Balaban J connectivity index is 1.15. The van der Waals surface area contributed by atoms with Crippen LogP contribution in [0.3, 0.4) is 0 Å². The van der Waals surface area contributed by atoms with E-state index in [1.807, 2.05) is 18.2 Å². The summed E-state index contributed by atoms with van der Waals surface area (Å²) >= 11 is 0. The zero-order valence-corrected chi connectivity index (χ0v) is 19.8. The number of hydrogen-bond acceptors (Lipinski definition) is 6. The van der Waals surface area contributed by atoms with E-state index in [-0.39, 0.29) is 19.0 Å². The van der Waals surface area contributed by atoms with Gasteiger partial charge in [0.1, 0.15) is 11.8 Å². The molecule has 6 rings (SSSR count). The molecule has 1 N–H and O–H groups in total. The Kier molecular flexibility index (Phi) is 5.91. The summed E-state index contributed by atoms with van der Waals surface area (Å²) in [5.74, 6) is -0.200. The van der Waals surface area contributed by atoms with Gasteiger partial charge in [0, 0.05) is 18.3 Å². The highest BCUT2D eigenvalue weighted by Crippen LogP contribution is 2.27. The third kappa shape index (κ3) is 4.75. The van der Waals surface area contributed by atoms with Crippen molar-refractivity contribution in [2.75, 3.05) is 19.7 Å². The quantitative estimate of drug-likeness (QED) is 0.378. The Hall–Kier alpha value is -4.52. The smallest absolute Gasteiger partial charge is 0.368 e. The molecule has 1 amide bonds. The third-order valence-electron chi connectivity index (χ3n) is 6.31. The highest BCUT2D eigenvalue weighted by molar-refractivity contribution is 5.94. The zero-order valence-electron chi connectivity index (χ0n) is 19.8. The van der Waals surface area contributed by atoms with Gasteiger partial charge < -0.3 is 14.6 Å². The lowest BCUT2D eigenvalue weighted by Crippen LogP contribution is -2.42. The van der Waals surface area contributed by atoms with Crippen LogP contribution in [0, 0.1) is 0 Å². The Morgan fingerprint density at radius 1 is 1.16 bits per heavy atom. The fourth-order valence-electron chi connectivity index (χ4n) is 4.40.